The molecule has 1 aromatic heterocycles. The topological polar surface area (TPSA) is 108 Å². The average molecular weight is 461 g/mol. The van der Waals surface area contributed by atoms with E-state index in [1.807, 2.05) is 6.07 Å². The molecular formula is C16H9Cl4N5O3. The highest BCUT2D eigenvalue weighted by molar-refractivity contribution is 6.55. The summed E-state index contributed by atoms with van der Waals surface area (Å²) >= 11 is 24.1. The molecule has 0 bridgehead atoms. The molecule has 2 aromatic rings. The van der Waals surface area contributed by atoms with Crippen LogP contribution in [0, 0.1) is 11.3 Å². The van der Waals surface area contributed by atoms with E-state index in [-0.39, 0.29) is 42.6 Å². The van der Waals surface area contributed by atoms with Crippen molar-refractivity contribution < 1.29 is 14.4 Å². The Bertz CT molecular complexity index is 1060. The summed E-state index contributed by atoms with van der Waals surface area (Å²) in [6.07, 6.45) is 1.27. The lowest BCUT2D eigenvalue weighted by atomic mass is 10.1. The Morgan fingerprint density at radius 2 is 1.61 bits per heavy atom. The molecule has 0 saturated carbocycles. The van der Waals surface area contributed by atoms with Crippen molar-refractivity contribution in [3.8, 4) is 6.07 Å². The average Bonchev–Trinajstić information content (AvgIpc) is 3.14. The van der Waals surface area contributed by atoms with Crippen LogP contribution in [0.15, 0.2) is 6.20 Å². The molecule has 0 fully saturated rings. The summed E-state index contributed by atoms with van der Waals surface area (Å²) in [5.41, 5.74) is -0.317. The van der Waals surface area contributed by atoms with Crippen LogP contribution in [0.25, 0.3) is 0 Å². The van der Waals surface area contributed by atoms with E-state index in [1.54, 1.807) is 0 Å². The molecule has 28 heavy (non-hydrogen) atoms. The smallest absolute Gasteiger partial charge is 0.263 e. The first kappa shape index (κ1) is 20.4. The zero-order valence-corrected chi connectivity index (χ0v) is 17.2. The summed E-state index contributed by atoms with van der Waals surface area (Å²) in [7, 11) is 1.52. The third kappa shape index (κ3) is 2.91. The molecule has 3 amide bonds. The van der Waals surface area contributed by atoms with Gasteiger partial charge in [0.15, 0.2) is 0 Å². The highest BCUT2D eigenvalue weighted by Crippen LogP contribution is 2.45. The minimum absolute atomic E-state index is 0.120. The lowest BCUT2D eigenvalue weighted by molar-refractivity contribution is -0.119. The summed E-state index contributed by atoms with van der Waals surface area (Å²) in [6.45, 7) is 1.34. The number of nitrogens with zero attached hydrogens (tertiary/aromatic N) is 4. The number of nitrogens with one attached hydrogen (secondary N) is 1. The van der Waals surface area contributed by atoms with E-state index in [2.05, 4.69) is 10.4 Å². The maximum Gasteiger partial charge on any atom is 0.263 e. The van der Waals surface area contributed by atoms with Gasteiger partial charge in [-0.05, 0) is 6.92 Å². The van der Waals surface area contributed by atoms with Crippen molar-refractivity contribution in [2.24, 2.45) is 7.05 Å². The number of aryl methyl sites for hydroxylation is 1. The molecule has 12 heteroatoms. The maximum absolute atomic E-state index is 12.8. The summed E-state index contributed by atoms with van der Waals surface area (Å²) in [5, 5.41) is 14.7. The fraction of sp³-hybridized carbons (Fsp3) is 0.188. The first-order chi connectivity index (χ1) is 13.1. The van der Waals surface area contributed by atoms with Crippen LogP contribution in [0.3, 0.4) is 0 Å². The maximum atomic E-state index is 12.8. The lowest BCUT2D eigenvalue weighted by Gasteiger charge is -2.21. The minimum atomic E-state index is -1.25. The Kier molecular flexibility index (Phi) is 5.30. The van der Waals surface area contributed by atoms with Crippen molar-refractivity contribution in [1.29, 1.82) is 5.26 Å². The SMILES string of the molecule is CC(C(=O)Nc1c(C#N)cnn1C)N1C(=O)c2c(Cl)c(Cl)c(Cl)c(Cl)c2C1=O. The van der Waals surface area contributed by atoms with Gasteiger partial charge in [-0.3, -0.25) is 24.0 Å². The zero-order chi connectivity index (χ0) is 20.9. The molecule has 3 rings (SSSR count). The zero-order valence-electron chi connectivity index (χ0n) is 14.2. The van der Waals surface area contributed by atoms with Gasteiger partial charge in [-0.25, -0.2) is 0 Å². The fourth-order valence-electron chi connectivity index (χ4n) is 2.72. The molecule has 144 valence electrons. The van der Waals surface area contributed by atoms with Gasteiger partial charge < -0.3 is 5.32 Å². The van der Waals surface area contributed by atoms with Crippen LogP contribution >= 0.6 is 46.4 Å². The number of benzene rings is 1. The van der Waals surface area contributed by atoms with Gasteiger partial charge in [0.05, 0.1) is 37.4 Å². The molecule has 0 radical (unpaired) electrons. The Labute approximate surface area is 178 Å². The Morgan fingerprint density at radius 3 is 2.07 bits per heavy atom. The Balaban J connectivity index is 1.97. The molecule has 1 atom stereocenters. The first-order valence-electron chi connectivity index (χ1n) is 7.58. The highest BCUT2D eigenvalue weighted by Gasteiger charge is 2.45. The molecule has 1 N–H and O–H groups in total. The van der Waals surface area contributed by atoms with E-state index in [4.69, 9.17) is 51.7 Å². The van der Waals surface area contributed by atoms with E-state index in [0.29, 0.717) is 4.90 Å². The molecule has 1 aromatic carbocycles. The quantitative estimate of drug-likeness (QED) is 0.428. The van der Waals surface area contributed by atoms with Crippen LogP contribution < -0.4 is 5.32 Å². The van der Waals surface area contributed by atoms with Crippen LogP contribution in [0.5, 0.6) is 0 Å². The monoisotopic (exact) mass is 459 g/mol. The number of hydrogen-bond donors (Lipinski definition) is 1. The highest BCUT2D eigenvalue weighted by atomic mass is 35.5. The van der Waals surface area contributed by atoms with Gasteiger partial charge in [0.2, 0.25) is 5.91 Å². The van der Waals surface area contributed by atoms with Gasteiger partial charge in [0.25, 0.3) is 11.8 Å². The second kappa shape index (κ2) is 7.26. The van der Waals surface area contributed by atoms with E-state index in [1.165, 1.54) is 24.9 Å². The number of anilines is 1. The van der Waals surface area contributed by atoms with Gasteiger partial charge in [-0.2, -0.15) is 10.4 Å². The van der Waals surface area contributed by atoms with Gasteiger partial charge in [-0.1, -0.05) is 46.4 Å². The normalized spacial score (nSPS) is 14.1. The number of carbonyl (C=O) groups excluding carboxylic acids is 3. The van der Waals surface area contributed by atoms with Gasteiger partial charge >= 0.3 is 0 Å². The van der Waals surface area contributed by atoms with Gasteiger partial charge in [-0.15, -0.1) is 0 Å². The summed E-state index contributed by atoms with van der Waals surface area (Å²) < 4.78 is 1.28. The predicted molar refractivity (Wildman–Crippen MR) is 103 cm³/mol. The van der Waals surface area contributed by atoms with Crippen LogP contribution in [-0.4, -0.2) is 38.4 Å². The van der Waals surface area contributed by atoms with Crippen molar-refractivity contribution in [1.82, 2.24) is 14.7 Å². The molecule has 8 nitrogen and oxygen atoms in total. The molecule has 0 spiro atoms. The largest absolute Gasteiger partial charge is 0.308 e. The van der Waals surface area contributed by atoms with Crippen molar-refractivity contribution in [3.05, 3.63) is 43.0 Å². The molecule has 0 aliphatic carbocycles. The molecular weight excluding hydrogens is 452 g/mol. The number of nitriles is 1. The van der Waals surface area contributed by atoms with Crippen molar-refractivity contribution >= 4 is 69.9 Å². The number of imide groups is 1. The first-order valence-corrected chi connectivity index (χ1v) is 9.09. The molecule has 2 heterocycles. The van der Waals surface area contributed by atoms with E-state index in [9.17, 15) is 14.4 Å². The lowest BCUT2D eigenvalue weighted by Crippen LogP contribution is -2.45. The number of halogens is 4. The second-order valence-electron chi connectivity index (χ2n) is 5.79. The predicted octanol–water partition coefficient (Wildman–Crippen LogP) is 3.53. The number of fused-ring (bicyclic) bond motifs is 1. The molecule has 0 saturated heterocycles. The summed E-state index contributed by atoms with van der Waals surface area (Å²) in [4.78, 5) is 38.9. The number of rotatable bonds is 3. The van der Waals surface area contributed by atoms with E-state index >= 15 is 0 Å². The van der Waals surface area contributed by atoms with Gasteiger partial charge in [0, 0.05) is 7.05 Å². The van der Waals surface area contributed by atoms with Crippen LogP contribution in [0.4, 0.5) is 5.82 Å². The Morgan fingerprint density at radius 1 is 1.11 bits per heavy atom. The number of aromatic nitrogens is 2. The van der Waals surface area contributed by atoms with Crippen LogP contribution in [-0.2, 0) is 11.8 Å². The third-order valence-electron chi connectivity index (χ3n) is 4.20. The molecule has 1 unspecified atom stereocenters. The second-order valence-corrected chi connectivity index (χ2v) is 7.31. The number of hydrogen-bond acceptors (Lipinski definition) is 5. The van der Waals surface area contributed by atoms with Gasteiger partial charge in [0.1, 0.15) is 23.5 Å². The standard InChI is InChI=1S/C16H9Cl4N5O3/c1-5(14(26)23-13-6(3-21)4-22-24(13)2)25-15(27)7-8(16(25)28)10(18)12(20)11(19)9(7)17/h4-5H,1-2H3,(H,23,26). The van der Waals surface area contributed by atoms with E-state index < -0.39 is 23.8 Å². The van der Waals surface area contributed by atoms with E-state index in [0.717, 1.165) is 0 Å². The van der Waals surface area contributed by atoms with Crippen molar-refractivity contribution in [2.45, 2.75) is 13.0 Å². The number of carbonyl (C=O) groups is 3. The minimum Gasteiger partial charge on any atom is -0.308 e. The Hall–Kier alpha value is -2.31. The third-order valence-corrected chi connectivity index (χ3v) is 6.00. The summed E-state index contributed by atoms with van der Waals surface area (Å²) in [5.74, 6) is -2.27. The molecule has 1 aliphatic heterocycles. The van der Waals surface area contributed by atoms with Crippen LogP contribution in [0.2, 0.25) is 20.1 Å². The van der Waals surface area contributed by atoms with Crippen molar-refractivity contribution in [2.75, 3.05) is 5.32 Å². The van der Waals surface area contributed by atoms with Crippen LogP contribution in [0.1, 0.15) is 33.2 Å². The summed E-state index contributed by atoms with van der Waals surface area (Å²) in [6, 6.07) is 0.628. The van der Waals surface area contributed by atoms with Crippen molar-refractivity contribution in [3.63, 3.8) is 0 Å². The fourth-order valence-corrected chi connectivity index (χ4v) is 3.74. The molecule has 1 aliphatic rings. The number of amides is 3.